The van der Waals surface area contributed by atoms with E-state index in [-0.39, 0.29) is 37.4 Å². The van der Waals surface area contributed by atoms with Gasteiger partial charge in [0, 0.05) is 49.0 Å². The van der Waals surface area contributed by atoms with Crippen molar-refractivity contribution >= 4 is 23.6 Å². The van der Waals surface area contributed by atoms with Crippen LogP contribution in [0.2, 0.25) is 0 Å². The zero-order chi connectivity index (χ0) is 25.6. The highest BCUT2D eigenvalue weighted by Crippen LogP contribution is 2.26. The number of rotatable bonds is 14. The van der Waals surface area contributed by atoms with Crippen LogP contribution in [0.15, 0.2) is 10.2 Å². The van der Waals surface area contributed by atoms with E-state index < -0.39 is 18.0 Å². The Morgan fingerprint density at radius 3 is 2.17 bits per heavy atom. The highest BCUT2D eigenvalue weighted by Gasteiger charge is 2.42. The second kappa shape index (κ2) is 14.7. The molecule has 0 radical (unpaired) electrons. The number of hydrogen-bond acceptors (Lipinski definition) is 6. The topological polar surface area (TPSA) is 202 Å². The molecule has 4 amide bonds. The molecule has 14 nitrogen and oxygen atoms in total. The number of carbonyl (C=O) groups excluding carboxylic acids is 4. The van der Waals surface area contributed by atoms with E-state index in [1.807, 2.05) is 0 Å². The molecule has 2 atom stereocenters. The summed E-state index contributed by atoms with van der Waals surface area (Å²) in [6.07, 6.45) is 5.21. The first-order valence-corrected chi connectivity index (χ1v) is 12.1. The van der Waals surface area contributed by atoms with E-state index in [2.05, 4.69) is 20.1 Å². The molecule has 2 heterocycles. The zero-order valence-electron chi connectivity index (χ0n) is 20.0. The van der Waals surface area contributed by atoms with Gasteiger partial charge in [-0.1, -0.05) is 16.6 Å². The molecule has 14 heteroatoms. The van der Waals surface area contributed by atoms with E-state index in [1.54, 1.807) is 9.80 Å². The summed E-state index contributed by atoms with van der Waals surface area (Å²) in [6, 6.07) is -1.30. The third kappa shape index (κ3) is 8.34. The number of hydrogen-bond donors (Lipinski definition) is 1. The Bertz CT molecular complexity index is 868. The van der Waals surface area contributed by atoms with Gasteiger partial charge in [0.15, 0.2) is 0 Å². The summed E-state index contributed by atoms with van der Waals surface area (Å²) in [5.74, 6) is -1.33. The first-order chi connectivity index (χ1) is 16.9. The normalized spacial score (nSPS) is 19.1. The molecule has 0 aromatic carbocycles. The largest absolute Gasteiger partial charge is 0.368 e. The van der Waals surface area contributed by atoms with E-state index in [0.29, 0.717) is 64.6 Å². The summed E-state index contributed by atoms with van der Waals surface area (Å²) in [7, 11) is 0. The molecule has 0 bridgehead atoms. The average Bonchev–Trinajstić information content (AvgIpc) is 3.52. The van der Waals surface area contributed by atoms with Crippen molar-refractivity contribution in [1.29, 1.82) is 0 Å². The SMILES string of the molecule is [N-]=[N+]=NCCCCCC(=O)N1CCC[C@H]1C(=O)N1CCC[C@H]1C(=O)N(CCCN=[N+]=[N-])CC(N)=O. The minimum Gasteiger partial charge on any atom is -0.368 e. The van der Waals surface area contributed by atoms with Gasteiger partial charge in [-0.05, 0) is 56.0 Å². The lowest BCUT2D eigenvalue weighted by Crippen LogP contribution is -2.54. The molecule has 2 rings (SSSR count). The van der Waals surface area contributed by atoms with Crippen LogP contribution >= 0.6 is 0 Å². The third-order valence-electron chi connectivity index (χ3n) is 6.30. The van der Waals surface area contributed by atoms with Crippen LogP contribution in [-0.4, -0.2) is 89.7 Å². The highest BCUT2D eigenvalue weighted by atomic mass is 16.2. The summed E-state index contributed by atoms with van der Waals surface area (Å²) in [5.41, 5.74) is 22.1. The van der Waals surface area contributed by atoms with Gasteiger partial charge >= 0.3 is 0 Å². The van der Waals surface area contributed by atoms with Crippen molar-refractivity contribution in [3.8, 4) is 0 Å². The van der Waals surface area contributed by atoms with Crippen molar-refractivity contribution in [2.45, 2.75) is 69.9 Å². The predicted octanol–water partition coefficient (Wildman–Crippen LogP) is 1.85. The highest BCUT2D eigenvalue weighted by molar-refractivity contribution is 5.94. The molecule has 2 saturated heterocycles. The first-order valence-electron chi connectivity index (χ1n) is 12.1. The molecule has 35 heavy (non-hydrogen) atoms. The number of likely N-dealkylation sites (tertiary alicyclic amines) is 2. The van der Waals surface area contributed by atoms with Crippen LogP contribution in [0.5, 0.6) is 0 Å². The van der Waals surface area contributed by atoms with Crippen LogP contribution < -0.4 is 5.73 Å². The molecule has 2 fully saturated rings. The second-order valence-corrected chi connectivity index (χ2v) is 8.73. The van der Waals surface area contributed by atoms with E-state index in [1.165, 1.54) is 4.90 Å². The van der Waals surface area contributed by atoms with Gasteiger partial charge in [0.1, 0.15) is 12.1 Å². The third-order valence-corrected chi connectivity index (χ3v) is 6.30. The van der Waals surface area contributed by atoms with E-state index in [0.717, 1.165) is 12.8 Å². The maximum Gasteiger partial charge on any atom is 0.246 e. The Morgan fingerprint density at radius 2 is 1.51 bits per heavy atom. The molecule has 2 N–H and O–H groups in total. The molecule has 0 aromatic rings. The molecule has 0 aromatic heterocycles. The van der Waals surface area contributed by atoms with Crippen LogP contribution in [0.1, 0.15) is 57.8 Å². The van der Waals surface area contributed by atoms with E-state index in [9.17, 15) is 19.2 Å². The molecule has 192 valence electrons. The molecule has 0 spiro atoms. The van der Waals surface area contributed by atoms with Gasteiger partial charge in [-0.15, -0.1) is 0 Å². The summed E-state index contributed by atoms with van der Waals surface area (Å²) in [5, 5.41) is 6.92. The van der Waals surface area contributed by atoms with Gasteiger partial charge in [0.2, 0.25) is 23.6 Å². The Kier molecular flexibility index (Phi) is 11.6. The monoisotopic (exact) mass is 490 g/mol. The Labute approximate surface area is 204 Å². The number of unbranched alkanes of at least 4 members (excludes halogenated alkanes) is 2. The van der Waals surface area contributed by atoms with Crippen LogP contribution in [0.3, 0.4) is 0 Å². The lowest BCUT2D eigenvalue weighted by Gasteiger charge is -2.33. The lowest BCUT2D eigenvalue weighted by atomic mass is 10.1. The first kappa shape index (κ1) is 27.7. The summed E-state index contributed by atoms with van der Waals surface area (Å²) < 4.78 is 0. The van der Waals surface area contributed by atoms with Gasteiger partial charge in [-0.2, -0.15) is 0 Å². The van der Waals surface area contributed by atoms with E-state index in [4.69, 9.17) is 16.8 Å². The quantitative estimate of drug-likeness (QED) is 0.167. The standard InChI is InChI=1S/C21H34N10O4/c22-18(32)15-29(12-6-11-26-28-24)20(34)16-7-5-14-31(16)21(35)17-8-4-13-30(17)19(33)9-2-1-3-10-25-27-23/h16-17H,1-15H2,(H2,22,32)/t16-,17-/m0/s1. The number of nitrogens with zero attached hydrogens (tertiary/aromatic N) is 9. The minimum absolute atomic E-state index is 0.0832. The fourth-order valence-electron chi connectivity index (χ4n) is 4.67. The Balaban J connectivity index is 2.00. The average molecular weight is 491 g/mol. The second-order valence-electron chi connectivity index (χ2n) is 8.73. The molecule has 2 aliphatic heterocycles. The van der Waals surface area contributed by atoms with Gasteiger partial charge in [-0.3, -0.25) is 19.2 Å². The van der Waals surface area contributed by atoms with E-state index >= 15 is 0 Å². The number of amides is 4. The van der Waals surface area contributed by atoms with Crippen LogP contribution in [0.4, 0.5) is 0 Å². The van der Waals surface area contributed by atoms with Gasteiger partial charge in [0.25, 0.3) is 0 Å². The zero-order valence-corrected chi connectivity index (χ0v) is 20.0. The van der Waals surface area contributed by atoms with Gasteiger partial charge in [-0.25, -0.2) is 0 Å². The summed E-state index contributed by atoms with van der Waals surface area (Å²) in [6.45, 7) is 1.41. The van der Waals surface area contributed by atoms with Gasteiger partial charge in [0.05, 0.1) is 6.54 Å². The predicted molar refractivity (Wildman–Crippen MR) is 126 cm³/mol. The summed E-state index contributed by atoms with van der Waals surface area (Å²) in [4.78, 5) is 60.9. The maximum atomic E-state index is 13.4. The van der Waals surface area contributed by atoms with Crippen molar-refractivity contribution in [2.24, 2.45) is 16.0 Å². The number of primary amides is 1. The minimum atomic E-state index is -0.709. The van der Waals surface area contributed by atoms with Crippen LogP contribution in [0, 0.1) is 0 Å². The van der Waals surface area contributed by atoms with Crippen molar-refractivity contribution in [3.05, 3.63) is 20.9 Å². The molecule has 0 aliphatic carbocycles. The number of carbonyl (C=O) groups is 4. The number of azide groups is 2. The molecule has 2 aliphatic rings. The Hall–Kier alpha value is -3.50. The summed E-state index contributed by atoms with van der Waals surface area (Å²) >= 11 is 0. The smallest absolute Gasteiger partial charge is 0.246 e. The number of nitrogens with two attached hydrogens (primary N) is 1. The van der Waals surface area contributed by atoms with Crippen molar-refractivity contribution < 1.29 is 19.2 Å². The molecule has 0 unspecified atom stereocenters. The Morgan fingerprint density at radius 1 is 0.886 bits per heavy atom. The lowest BCUT2D eigenvalue weighted by molar-refractivity contribution is -0.149. The van der Waals surface area contributed by atoms with Crippen molar-refractivity contribution in [1.82, 2.24) is 14.7 Å². The molecular weight excluding hydrogens is 456 g/mol. The maximum absolute atomic E-state index is 13.4. The van der Waals surface area contributed by atoms with Gasteiger partial charge < -0.3 is 20.4 Å². The molecular formula is C21H34N10O4. The van der Waals surface area contributed by atoms with Crippen molar-refractivity contribution in [2.75, 3.05) is 39.3 Å². The van der Waals surface area contributed by atoms with Crippen LogP contribution in [0.25, 0.3) is 20.9 Å². The fourth-order valence-corrected chi connectivity index (χ4v) is 4.67. The fraction of sp³-hybridized carbons (Fsp3) is 0.810. The van der Waals surface area contributed by atoms with Crippen molar-refractivity contribution in [3.63, 3.8) is 0 Å². The molecule has 0 saturated carbocycles. The van der Waals surface area contributed by atoms with Crippen LogP contribution in [-0.2, 0) is 19.2 Å².